The van der Waals surface area contributed by atoms with Crippen LogP contribution in [0.5, 0.6) is 0 Å². The van der Waals surface area contributed by atoms with Crippen molar-refractivity contribution in [2.24, 2.45) is 11.8 Å². The third-order valence-corrected chi connectivity index (χ3v) is 3.48. The smallest absolute Gasteiger partial charge is 0.223 e. The second kappa shape index (κ2) is 5.27. The number of aromatic nitrogens is 1. The first-order chi connectivity index (χ1) is 8.18. The van der Waals surface area contributed by atoms with Gasteiger partial charge in [-0.3, -0.25) is 9.78 Å². The van der Waals surface area contributed by atoms with E-state index in [0.29, 0.717) is 5.92 Å². The molecule has 1 aliphatic rings. The Balaban J connectivity index is 1.89. The minimum atomic E-state index is 0.0201. The van der Waals surface area contributed by atoms with Crippen molar-refractivity contribution in [1.29, 1.82) is 0 Å². The van der Waals surface area contributed by atoms with E-state index in [1.54, 1.807) is 12.4 Å². The molecule has 1 unspecified atom stereocenters. The van der Waals surface area contributed by atoms with E-state index in [2.05, 4.69) is 15.6 Å². The molecule has 4 heteroatoms. The molecule has 2 atom stereocenters. The van der Waals surface area contributed by atoms with Crippen molar-refractivity contribution in [3.05, 3.63) is 30.1 Å². The molecule has 1 aromatic heterocycles. The Morgan fingerprint density at radius 3 is 2.82 bits per heavy atom. The fourth-order valence-electron chi connectivity index (χ4n) is 1.94. The number of nitrogens with zero attached hydrogens (tertiary/aromatic N) is 1. The number of nitrogens with one attached hydrogen (secondary N) is 2. The van der Waals surface area contributed by atoms with Crippen molar-refractivity contribution in [3.63, 3.8) is 0 Å². The molecule has 2 N–H and O–H groups in total. The van der Waals surface area contributed by atoms with E-state index in [0.717, 1.165) is 18.7 Å². The number of pyridine rings is 1. The molecule has 1 aromatic rings. The molecule has 0 aromatic carbocycles. The van der Waals surface area contributed by atoms with Crippen LogP contribution in [0.15, 0.2) is 24.5 Å². The van der Waals surface area contributed by atoms with E-state index in [9.17, 15) is 4.79 Å². The molecule has 2 rings (SSSR count). The lowest BCUT2D eigenvalue weighted by Gasteiger charge is -2.32. The van der Waals surface area contributed by atoms with Gasteiger partial charge in [-0.2, -0.15) is 0 Å². The van der Waals surface area contributed by atoms with E-state index in [1.165, 1.54) is 0 Å². The number of carbonyl (C=O) groups is 1. The average Bonchev–Trinajstić information content (AvgIpc) is 2.27. The van der Waals surface area contributed by atoms with Gasteiger partial charge in [0.2, 0.25) is 5.91 Å². The summed E-state index contributed by atoms with van der Waals surface area (Å²) < 4.78 is 0. The van der Waals surface area contributed by atoms with Gasteiger partial charge in [0.25, 0.3) is 0 Å². The maximum atomic E-state index is 12.0. The predicted molar refractivity (Wildman–Crippen MR) is 66.3 cm³/mol. The third-order valence-electron chi connectivity index (χ3n) is 3.48. The molecule has 2 heterocycles. The monoisotopic (exact) mass is 233 g/mol. The lowest BCUT2D eigenvalue weighted by molar-refractivity contribution is -0.127. The van der Waals surface area contributed by atoms with Crippen molar-refractivity contribution >= 4 is 5.91 Å². The van der Waals surface area contributed by atoms with Crippen LogP contribution in [0.1, 0.15) is 25.5 Å². The average molecular weight is 233 g/mol. The van der Waals surface area contributed by atoms with Crippen LogP contribution >= 0.6 is 0 Å². The quantitative estimate of drug-likeness (QED) is 0.819. The van der Waals surface area contributed by atoms with E-state index < -0.39 is 0 Å². The molecular weight excluding hydrogens is 214 g/mol. The van der Waals surface area contributed by atoms with Crippen LogP contribution in [-0.4, -0.2) is 24.0 Å². The van der Waals surface area contributed by atoms with Gasteiger partial charge in [-0.1, -0.05) is 13.0 Å². The fourth-order valence-corrected chi connectivity index (χ4v) is 1.94. The van der Waals surface area contributed by atoms with Gasteiger partial charge in [0.05, 0.1) is 6.04 Å². The van der Waals surface area contributed by atoms with Crippen LogP contribution in [0, 0.1) is 11.8 Å². The number of hydrogen-bond donors (Lipinski definition) is 2. The van der Waals surface area contributed by atoms with Crippen LogP contribution in [0.2, 0.25) is 0 Å². The lowest BCUT2D eigenvalue weighted by atomic mass is 9.88. The molecule has 1 aliphatic heterocycles. The summed E-state index contributed by atoms with van der Waals surface area (Å²) in [6.45, 7) is 5.89. The van der Waals surface area contributed by atoms with Crippen molar-refractivity contribution in [3.8, 4) is 0 Å². The maximum Gasteiger partial charge on any atom is 0.223 e. The Morgan fingerprint density at radius 1 is 1.53 bits per heavy atom. The molecule has 1 fully saturated rings. The van der Waals surface area contributed by atoms with Crippen molar-refractivity contribution in [2.45, 2.75) is 19.9 Å². The number of amides is 1. The van der Waals surface area contributed by atoms with Crippen molar-refractivity contribution in [1.82, 2.24) is 15.6 Å². The summed E-state index contributed by atoms with van der Waals surface area (Å²) in [5.74, 6) is 0.694. The van der Waals surface area contributed by atoms with Crippen molar-refractivity contribution in [2.75, 3.05) is 13.1 Å². The summed E-state index contributed by atoms with van der Waals surface area (Å²) in [4.78, 5) is 16.1. The Labute approximate surface area is 102 Å². The van der Waals surface area contributed by atoms with Crippen LogP contribution in [0.25, 0.3) is 0 Å². The van der Waals surface area contributed by atoms with Gasteiger partial charge in [0.15, 0.2) is 0 Å². The second-order valence-electron chi connectivity index (χ2n) is 4.72. The molecule has 0 bridgehead atoms. The summed E-state index contributed by atoms with van der Waals surface area (Å²) in [5, 5.41) is 6.23. The molecule has 1 amide bonds. The van der Waals surface area contributed by atoms with Crippen LogP contribution in [0.4, 0.5) is 0 Å². The molecule has 0 saturated carbocycles. The van der Waals surface area contributed by atoms with E-state index >= 15 is 0 Å². The lowest BCUT2D eigenvalue weighted by Crippen LogP contribution is -2.49. The highest BCUT2D eigenvalue weighted by atomic mass is 16.1. The number of rotatable bonds is 4. The topological polar surface area (TPSA) is 54.0 Å². The van der Waals surface area contributed by atoms with E-state index in [4.69, 9.17) is 0 Å². The number of carbonyl (C=O) groups excluding carboxylic acids is 1. The van der Waals surface area contributed by atoms with Crippen LogP contribution in [0.3, 0.4) is 0 Å². The largest absolute Gasteiger partial charge is 0.349 e. The zero-order valence-corrected chi connectivity index (χ0v) is 10.3. The van der Waals surface area contributed by atoms with E-state index in [1.807, 2.05) is 26.0 Å². The van der Waals surface area contributed by atoms with Gasteiger partial charge >= 0.3 is 0 Å². The van der Waals surface area contributed by atoms with Crippen LogP contribution in [-0.2, 0) is 4.79 Å². The Morgan fingerprint density at radius 2 is 2.29 bits per heavy atom. The highest BCUT2D eigenvalue weighted by molar-refractivity contribution is 5.79. The first-order valence-electron chi connectivity index (χ1n) is 6.09. The maximum absolute atomic E-state index is 12.0. The standard InChI is InChI=1S/C13H19N3O/c1-9(12-7-15-8-12)13(17)16-10(2)11-4-3-5-14-6-11/h3-6,9-10,12,15H,7-8H2,1-2H3,(H,16,17)/t9?,10-/m1/s1. The molecule has 0 spiro atoms. The SMILES string of the molecule is CC(C(=O)N[C@H](C)c1cccnc1)C1CNC1. The summed E-state index contributed by atoms with van der Waals surface area (Å²) in [6.07, 6.45) is 3.53. The predicted octanol–water partition coefficient (Wildman–Crippen LogP) is 1.11. The van der Waals surface area contributed by atoms with Gasteiger partial charge in [-0.15, -0.1) is 0 Å². The molecule has 4 nitrogen and oxygen atoms in total. The van der Waals surface area contributed by atoms with Gasteiger partial charge in [0, 0.05) is 18.3 Å². The second-order valence-corrected chi connectivity index (χ2v) is 4.72. The minimum absolute atomic E-state index is 0.0201. The van der Waals surface area contributed by atoms with Crippen molar-refractivity contribution < 1.29 is 4.79 Å². The zero-order chi connectivity index (χ0) is 12.3. The van der Waals surface area contributed by atoms with Gasteiger partial charge in [-0.05, 0) is 37.6 Å². The van der Waals surface area contributed by atoms with Gasteiger partial charge < -0.3 is 10.6 Å². The fraction of sp³-hybridized carbons (Fsp3) is 0.538. The highest BCUT2D eigenvalue weighted by Crippen LogP contribution is 2.18. The third kappa shape index (κ3) is 2.82. The van der Waals surface area contributed by atoms with E-state index in [-0.39, 0.29) is 17.9 Å². The Bertz CT molecular complexity index is 376. The number of hydrogen-bond acceptors (Lipinski definition) is 3. The molecule has 17 heavy (non-hydrogen) atoms. The minimum Gasteiger partial charge on any atom is -0.349 e. The van der Waals surface area contributed by atoms with Gasteiger partial charge in [0.1, 0.15) is 0 Å². The summed E-state index contributed by atoms with van der Waals surface area (Å²) in [5.41, 5.74) is 1.04. The summed E-state index contributed by atoms with van der Waals surface area (Å²) in [6, 6.07) is 3.89. The summed E-state index contributed by atoms with van der Waals surface area (Å²) >= 11 is 0. The molecule has 1 saturated heterocycles. The molecular formula is C13H19N3O. The first-order valence-corrected chi connectivity index (χ1v) is 6.09. The highest BCUT2D eigenvalue weighted by Gasteiger charge is 2.29. The Hall–Kier alpha value is -1.42. The molecule has 0 radical (unpaired) electrons. The molecule has 0 aliphatic carbocycles. The van der Waals surface area contributed by atoms with Crippen LogP contribution < -0.4 is 10.6 Å². The molecule has 92 valence electrons. The first kappa shape index (κ1) is 12.0. The zero-order valence-electron chi connectivity index (χ0n) is 10.3. The van der Waals surface area contributed by atoms with Gasteiger partial charge in [-0.25, -0.2) is 0 Å². The normalized spacial score (nSPS) is 19.2. The Kier molecular flexibility index (Phi) is 3.74. The summed E-state index contributed by atoms with van der Waals surface area (Å²) in [7, 11) is 0.